The molecule has 1 aliphatic rings. The van der Waals surface area contributed by atoms with Gasteiger partial charge in [0.05, 0.1) is 11.4 Å². The number of ether oxygens (including phenoxy) is 1. The maximum atomic E-state index is 13.0. The summed E-state index contributed by atoms with van der Waals surface area (Å²) in [5, 5.41) is 2.81. The van der Waals surface area contributed by atoms with Gasteiger partial charge in [-0.3, -0.25) is 19.3 Å². The lowest BCUT2D eigenvalue weighted by molar-refractivity contribution is -0.123. The zero-order chi connectivity index (χ0) is 24.1. The van der Waals surface area contributed by atoms with Crippen molar-refractivity contribution in [3.63, 3.8) is 0 Å². The number of nitrogens with zero attached hydrogens (tertiary/aromatic N) is 1. The summed E-state index contributed by atoms with van der Waals surface area (Å²) in [6.45, 7) is -0.152. The van der Waals surface area contributed by atoms with E-state index in [0.29, 0.717) is 22.0 Å². The molecule has 3 aromatic carbocycles. The van der Waals surface area contributed by atoms with Gasteiger partial charge in [-0.25, -0.2) is 4.39 Å². The molecule has 0 spiro atoms. The monoisotopic (exact) mass is 496 g/mol. The molecule has 4 rings (SSSR count). The molecule has 6 nitrogen and oxygen atoms in total. The lowest BCUT2D eigenvalue weighted by Crippen LogP contribution is -2.27. The van der Waals surface area contributed by atoms with Crippen LogP contribution in [0.25, 0.3) is 6.08 Å². The third kappa shape index (κ3) is 5.84. The lowest BCUT2D eigenvalue weighted by Gasteiger charge is -2.12. The smallest absolute Gasteiger partial charge is 0.293 e. The van der Waals surface area contributed by atoms with E-state index in [1.807, 2.05) is 0 Å². The van der Waals surface area contributed by atoms with E-state index in [4.69, 9.17) is 16.3 Å². The molecule has 0 aliphatic carbocycles. The van der Waals surface area contributed by atoms with E-state index in [2.05, 4.69) is 5.32 Å². The van der Waals surface area contributed by atoms with Gasteiger partial charge in [0.1, 0.15) is 11.6 Å². The van der Waals surface area contributed by atoms with Crippen LogP contribution in [0.3, 0.4) is 0 Å². The Kier molecular flexibility index (Phi) is 7.30. The summed E-state index contributed by atoms with van der Waals surface area (Å²) in [5.74, 6) is -0.861. The van der Waals surface area contributed by atoms with E-state index in [-0.39, 0.29) is 23.3 Å². The highest BCUT2D eigenvalue weighted by atomic mass is 35.5. The van der Waals surface area contributed by atoms with Crippen molar-refractivity contribution >= 4 is 52.2 Å². The van der Waals surface area contributed by atoms with Crippen LogP contribution in [0.15, 0.2) is 77.7 Å². The summed E-state index contributed by atoms with van der Waals surface area (Å²) in [6.07, 6.45) is 1.57. The first kappa shape index (κ1) is 23.5. The fraction of sp³-hybridized carbons (Fsp3) is 0.0800. The van der Waals surface area contributed by atoms with Gasteiger partial charge in [0.2, 0.25) is 0 Å². The summed E-state index contributed by atoms with van der Waals surface area (Å²) in [7, 11) is 0. The summed E-state index contributed by atoms with van der Waals surface area (Å²) in [5.41, 5.74) is 1.77. The van der Waals surface area contributed by atoms with Crippen LogP contribution < -0.4 is 10.1 Å². The number of para-hydroxylation sites is 1. The minimum absolute atomic E-state index is 0.140. The summed E-state index contributed by atoms with van der Waals surface area (Å²) in [4.78, 5) is 38.9. The Morgan fingerprint density at radius 1 is 1.03 bits per heavy atom. The summed E-state index contributed by atoms with van der Waals surface area (Å²) in [6, 6.07) is 19.2. The molecule has 172 valence electrons. The van der Waals surface area contributed by atoms with E-state index < -0.39 is 17.6 Å². The predicted molar refractivity (Wildman–Crippen MR) is 130 cm³/mol. The Morgan fingerprint density at radius 2 is 1.74 bits per heavy atom. The number of anilines is 1. The van der Waals surface area contributed by atoms with Gasteiger partial charge in [-0.2, -0.15) is 0 Å². The topological polar surface area (TPSA) is 75.7 Å². The highest BCUT2D eigenvalue weighted by Crippen LogP contribution is 2.35. The molecule has 1 heterocycles. The number of rotatable bonds is 7. The van der Waals surface area contributed by atoms with Crippen LogP contribution in [0.5, 0.6) is 5.75 Å². The number of benzene rings is 3. The number of carbonyl (C=O) groups excluding carboxylic acids is 3. The SMILES string of the molecule is O=C(COc1ccccc1/C=C1/SC(=O)N(Cc2ccc(Cl)cc2)C1=O)Nc1ccc(F)cc1. The second-order valence-corrected chi connectivity index (χ2v) is 8.71. The van der Waals surface area contributed by atoms with Gasteiger partial charge < -0.3 is 10.1 Å². The molecule has 1 N–H and O–H groups in total. The average Bonchev–Trinajstić information content (AvgIpc) is 3.08. The third-order valence-corrected chi connectivity index (χ3v) is 5.98. The standard InChI is InChI=1S/C25H18ClFN2O4S/c26-18-7-5-16(6-8-18)14-29-24(31)22(34-25(29)32)13-17-3-1-2-4-21(17)33-15-23(30)28-20-11-9-19(27)10-12-20/h1-13H,14-15H2,(H,28,30)/b22-13+. The van der Waals surface area contributed by atoms with Crippen molar-refractivity contribution in [2.45, 2.75) is 6.54 Å². The summed E-state index contributed by atoms with van der Waals surface area (Å²) < 4.78 is 18.6. The molecule has 0 radical (unpaired) electrons. The van der Waals surface area contributed by atoms with Crippen LogP contribution in [0.1, 0.15) is 11.1 Å². The number of imide groups is 1. The Hall–Kier alpha value is -3.62. The second kappa shape index (κ2) is 10.5. The van der Waals surface area contributed by atoms with E-state index in [1.54, 1.807) is 54.6 Å². The first-order valence-corrected chi connectivity index (χ1v) is 11.4. The van der Waals surface area contributed by atoms with Crippen molar-refractivity contribution in [3.8, 4) is 5.75 Å². The van der Waals surface area contributed by atoms with Gasteiger partial charge in [-0.05, 0) is 65.9 Å². The van der Waals surface area contributed by atoms with Crippen LogP contribution in [-0.2, 0) is 16.1 Å². The van der Waals surface area contributed by atoms with Crippen LogP contribution in [0.4, 0.5) is 14.9 Å². The molecule has 1 saturated heterocycles. The van der Waals surface area contributed by atoms with Crippen molar-refractivity contribution < 1.29 is 23.5 Å². The maximum absolute atomic E-state index is 13.0. The highest BCUT2D eigenvalue weighted by Gasteiger charge is 2.35. The largest absolute Gasteiger partial charge is 0.483 e. The number of nitrogens with one attached hydrogen (secondary N) is 1. The zero-order valence-corrected chi connectivity index (χ0v) is 19.2. The highest BCUT2D eigenvalue weighted by molar-refractivity contribution is 8.18. The second-order valence-electron chi connectivity index (χ2n) is 7.28. The minimum atomic E-state index is -0.426. The first-order chi connectivity index (χ1) is 16.4. The summed E-state index contributed by atoms with van der Waals surface area (Å²) >= 11 is 6.74. The van der Waals surface area contributed by atoms with Crippen molar-refractivity contribution in [2.24, 2.45) is 0 Å². The molecule has 0 atom stereocenters. The van der Waals surface area contributed by atoms with Gasteiger partial charge >= 0.3 is 0 Å². The fourth-order valence-corrected chi connectivity index (χ4v) is 4.11. The van der Waals surface area contributed by atoms with E-state index in [0.717, 1.165) is 17.3 Å². The van der Waals surface area contributed by atoms with Crippen molar-refractivity contribution in [1.82, 2.24) is 4.90 Å². The normalized spacial score (nSPS) is 14.5. The Balaban J connectivity index is 1.43. The van der Waals surface area contributed by atoms with Crippen LogP contribution in [-0.4, -0.2) is 28.6 Å². The van der Waals surface area contributed by atoms with Crippen LogP contribution in [0, 0.1) is 5.82 Å². The van der Waals surface area contributed by atoms with Gasteiger partial charge in [0.25, 0.3) is 17.1 Å². The van der Waals surface area contributed by atoms with E-state index in [9.17, 15) is 18.8 Å². The van der Waals surface area contributed by atoms with Gasteiger partial charge in [0.15, 0.2) is 6.61 Å². The molecule has 0 unspecified atom stereocenters. The molecule has 3 aromatic rings. The number of carbonyl (C=O) groups is 3. The fourth-order valence-electron chi connectivity index (χ4n) is 3.15. The quantitative estimate of drug-likeness (QED) is 0.422. The van der Waals surface area contributed by atoms with Crippen molar-refractivity contribution in [1.29, 1.82) is 0 Å². The maximum Gasteiger partial charge on any atom is 0.293 e. The van der Waals surface area contributed by atoms with E-state index >= 15 is 0 Å². The number of amides is 3. The third-order valence-electron chi connectivity index (χ3n) is 4.82. The molecule has 9 heteroatoms. The van der Waals surface area contributed by atoms with Crippen molar-refractivity contribution in [3.05, 3.63) is 99.7 Å². The molecular formula is C25H18ClFN2O4S. The Bertz CT molecular complexity index is 1260. The molecule has 34 heavy (non-hydrogen) atoms. The molecule has 1 aliphatic heterocycles. The molecule has 0 aromatic heterocycles. The molecule has 0 bridgehead atoms. The van der Waals surface area contributed by atoms with Crippen LogP contribution in [0.2, 0.25) is 5.02 Å². The molecule has 1 fully saturated rings. The van der Waals surface area contributed by atoms with Crippen molar-refractivity contribution in [2.75, 3.05) is 11.9 Å². The van der Waals surface area contributed by atoms with Crippen LogP contribution >= 0.6 is 23.4 Å². The lowest BCUT2D eigenvalue weighted by atomic mass is 10.1. The predicted octanol–water partition coefficient (Wildman–Crippen LogP) is 5.73. The molecule has 3 amide bonds. The molecular weight excluding hydrogens is 479 g/mol. The number of halogens is 2. The van der Waals surface area contributed by atoms with E-state index in [1.165, 1.54) is 29.2 Å². The molecule has 0 saturated carbocycles. The first-order valence-electron chi connectivity index (χ1n) is 10.2. The van der Waals surface area contributed by atoms with Gasteiger partial charge in [-0.1, -0.05) is 41.9 Å². The number of hydrogen-bond donors (Lipinski definition) is 1. The van der Waals surface area contributed by atoms with Gasteiger partial charge in [0, 0.05) is 16.3 Å². The minimum Gasteiger partial charge on any atom is -0.483 e. The number of thioether (sulfide) groups is 1. The average molecular weight is 497 g/mol. The zero-order valence-electron chi connectivity index (χ0n) is 17.7. The number of hydrogen-bond acceptors (Lipinski definition) is 5. The Morgan fingerprint density at radius 3 is 2.47 bits per heavy atom. The van der Waals surface area contributed by atoms with Gasteiger partial charge in [-0.15, -0.1) is 0 Å². The Labute approximate surface area is 204 Å².